The summed E-state index contributed by atoms with van der Waals surface area (Å²) in [6.07, 6.45) is 0. The summed E-state index contributed by atoms with van der Waals surface area (Å²) >= 11 is 5.70. The summed E-state index contributed by atoms with van der Waals surface area (Å²) in [6, 6.07) is 5.53. The van der Waals surface area contributed by atoms with Gasteiger partial charge in [-0.25, -0.2) is 0 Å². The molecule has 0 aliphatic rings. The predicted octanol–water partition coefficient (Wildman–Crippen LogP) is 1.74. The van der Waals surface area contributed by atoms with Crippen molar-refractivity contribution in [2.24, 2.45) is 5.73 Å². The molecular weight excluding hydrogens is 260 g/mol. The molecular formula is C10H7ClN4O3. The van der Waals surface area contributed by atoms with Crippen molar-refractivity contribution < 1.29 is 9.72 Å². The second-order valence-corrected chi connectivity index (χ2v) is 3.89. The molecule has 0 aliphatic carbocycles. The van der Waals surface area contributed by atoms with Crippen molar-refractivity contribution in [1.29, 1.82) is 0 Å². The molecule has 18 heavy (non-hydrogen) atoms. The van der Waals surface area contributed by atoms with Gasteiger partial charge in [-0.3, -0.25) is 20.0 Å². The third-order valence-corrected chi connectivity index (χ3v) is 2.51. The number of H-pyrrole nitrogens is 1. The standard InChI is InChI=1S/C10H7ClN4O3/c11-5-1-2-6(9(3-5)15(17)18)7-4-8(10(12)16)14-13-7/h1-4H,(H2,12,16)(H,13,14). The van der Waals surface area contributed by atoms with E-state index in [1.165, 1.54) is 24.3 Å². The lowest BCUT2D eigenvalue weighted by Crippen LogP contribution is -2.10. The highest BCUT2D eigenvalue weighted by molar-refractivity contribution is 6.30. The average Bonchev–Trinajstić information content (AvgIpc) is 2.78. The molecule has 1 aromatic heterocycles. The molecule has 7 nitrogen and oxygen atoms in total. The minimum Gasteiger partial charge on any atom is -0.364 e. The minimum atomic E-state index is -0.689. The second-order valence-electron chi connectivity index (χ2n) is 3.45. The maximum Gasteiger partial charge on any atom is 0.280 e. The first-order chi connectivity index (χ1) is 8.49. The first-order valence-electron chi connectivity index (χ1n) is 4.78. The van der Waals surface area contributed by atoms with Gasteiger partial charge in [0.05, 0.1) is 16.2 Å². The van der Waals surface area contributed by atoms with Crippen molar-refractivity contribution in [3.05, 3.63) is 45.1 Å². The van der Waals surface area contributed by atoms with Crippen molar-refractivity contribution in [2.45, 2.75) is 0 Å². The van der Waals surface area contributed by atoms with Gasteiger partial charge in [0.25, 0.3) is 11.6 Å². The number of nitro benzene ring substituents is 1. The van der Waals surface area contributed by atoms with E-state index in [1.807, 2.05) is 0 Å². The molecule has 0 spiro atoms. The lowest BCUT2D eigenvalue weighted by atomic mass is 10.1. The van der Waals surface area contributed by atoms with Crippen molar-refractivity contribution in [3.63, 3.8) is 0 Å². The van der Waals surface area contributed by atoms with Crippen LogP contribution in [0, 0.1) is 10.1 Å². The number of carbonyl (C=O) groups is 1. The van der Waals surface area contributed by atoms with Crippen LogP contribution in [0.1, 0.15) is 10.5 Å². The number of primary amides is 1. The van der Waals surface area contributed by atoms with Crippen LogP contribution in [0.4, 0.5) is 5.69 Å². The summed E-state index contributed by atoms with van der Waals surface area (Å²) in [6.45, 7) is 0. The van der Waals surface area contributed by atoms with E-state index in [4.69, 9.17) is 17.3 Å². The van der Waals surface area contributed by atoms with Crippen LogP contribution in [0.5, 0.6) is 0 Å². The third-order valence-electron chi connectivity index (χ3n) is 2.28. The Balaban J connectivity index is 2.55. The zero-order valence-corrected chi connectivity index (χ0v) is 9.64. The van der Waals surface area contributed by atoms with Crippen molar-refractivity contribution in [2.75, 3.05) is 0 Å². The molecule has 0 unspecified atom stereocenters. The van der Waals surface area contributed by atoms with Crippen LogP contribution in [0.2, 0.25) is 5.02 Å². The van der Waals surface area contributed by atoms with Gasteiger partial charge in [0.15, 0.2) is 0 Å². The molecule has 2 aromatic rings. The number of aromatic nitrogens is 2. The quantitative estimate of drug-likeness (QED) is 0.650. The number of nitrogens with two attached hydrogens (primary N) is 1. The SMILES string of the molecule is NC(=O)c1cc(-c2ccc(Cl)cc2[N+](=O)[O-])n[nH]1. The summed E-state index contributed by atoms with van der Waals surface area (Å²) in [5.74, 6) is -0.689. The number of amides is 1. The topological polar surface area (TPSA) is 115 Å². The number of halogens is 1. The number of rotatable bonds is 3. The molecule has 3 N–H and O–H groups in total. The third kappa shape index (κ3) is 2.16. The van der Waals surface area contributed by atoms with E-state index in [0.717, 1.165) is 0 Å². The lowest BCUT2D eigenvalue weighted by Gasteiger charge is -1.99. The Bertz CT molecular complexity index is 638. The highest BCUT2D eigenvalue weighted by Crippen LogP contribution is 2.31. The van der Waals surface area contributed by atoms with Crippen LogP contribution in [-0.4, -0.2) is 21.0 Å². The Labute approximate surface area is 106 Å². The summed E-state index contributed by atoms with van der Waals surface area (Å²) in [5.41, 5.74) is 5.46. The Morgan fingerprint density at radius 3 is 2.72 bits per heavy atom. The molecule has 0 radical (unpaired) electrons. The van der Waals surface area contributed by atoms with Crippen molar-refractivity contribution >= 4 is 23.2 Å². The largest absolute Gasteiger partial charge is 0.364 e. The average molecular weight is 267 g/mol. The van der Waals surface area contributed by atoms with Crippen molar-refractivity contribution in [3.8, 4) is 11.3 Å². The van der Waals surface area contributed by atoms with Gasteiger partial charge < -0.3 is 5.73 Å². The maximum atomic E-state index is 10.9. The van der Waals surface area contributed by atoms with Gasteiger partial charge >= 0.3 is 0 Å². The van der Waals surface area contributed by atoms with Crippen LogP contribution in [-0.2, 0) is 0 Å². The van der Waals surface area contributed by atoms with Gasteiger partial charge in [-0.1, -0.05) is 11.6 Å². The molecule has 8 heteroatoms. The number of nitrogens with one attached hydrogen (secondary N) is 1. The van der Waals surface area contributed by atoms with Crippen LogP contribution < -0.4 is 5.73 Å². The van der Waals surface area contributed by atoms with Gasteiger partial charge in [0.2, 0.25) is 0 Å². The molecule has 0 saturated heterocycles. The van der Waals surface area contributed by atoms with E-state index in [2.05, 4.69) is 10.2 Å². The minimum absolute atomic E-state index is 0.0780. The fourth-order valence-corrected chi connectivity index (χ4v) is 1.62. The normalized spacial score (nSPS) is 10.3. The van der Waals surface area contributed by atoms with E-state index in [-0.39, 0.29) is 27.7 Å². The number of aromatic amines is 1. The lowest BCUT2D eigenvalue weighted by molar-refractivity contribution is -0.384. The van der Waals surface area contributed by atoms with E-state index >= 15 is 0 Å². The zero-order chi connectivity index (χ0) is 13.3. The van der Waals surface area contributed by atoms with E-state index < -0.39 is 10.8 Å². The number of carbonyl (C=O) groups excluding carboxylic acids is 1. The van der Waals surface area contributed by atoms with E-state index in [0.29, 0.717) is 0 Å². The molecule has 1 aromatic carbocycles. The Hall–Kier alpha value is -2.41. The number of nitro groups is 1. The molecule has 1 heterocycles. The van der Waals surface area contributed by atoms with E-state index in [1.54, 1.807) is 0 Å². The zero-order valence-electron chi connectivity index (χ0n) is 8.88. The number of benzene rings is 1. The fourth-order valence-electron chi connectivity index (χ4n) is 1.46. The maximum absolute atomic E-state index is 10.9. The first-order valence-corrected chi connectivity index (χ1v) is 5.16. The second kappa shape index (κ2) is 4.46. The first kappa shape index (κ1) is 12.1. The van der Waals surface area contributed by atoms with Crippen molar-refractivity contribution in [1.82, 2.24) is 10.2 Å². The molecule has 0 saturated carbocycles. The predicted molar refractivity (Wildman–Crippen MR) is 64.2 cm³/mol. The molecule has 2 rings (SSSR count). The summed E-state index contributed by atoms with van der Waals surface area (Å²) < 4.78 is 0. The number of hydrogen-bond acceptors (Lipinski definition) is 4. The van der Waals surface area contributed by atoms with Crippen LogP contribution in [0.15, 0.2) is 24.3 Å². The number of hydrogen-bond donors (Lipinski definition) is 2. The van der Waals surface area contributed by atoms with Gasteiger partial charge in [0, 0.05) is 11.1 Å². The molecule has 1 amide bonds. The molecule has 0 fully saturated rings. The van der Waals surface area contributed by atoms with Crippen LogP contribution in [0.25, 0.3) is 11.3 Å². The number of nitrogens with zero attached hydrogens (tertiary/aromatic N) is 2. The van der Waals surface area contributed by atoms with Crippen LogP contribution >= 0.6 is 11.6 Å². The molecule has 0 bridgehead atoms. The Kier molecular flexibility index (Phi) is 2.99. The summed E-state index contributed by atoms with van der Waals surface area (Å²) in [4.78, 5) is 21.3. The van der Waals surface area contributed by atoms with Gasteiger partial charge in [-0.2, -0.15) is 5.10 Å². The highest BCUT2D eigenvalue weighted by Gasteiger charge is 2.18. The fraction of sp³-hybridized carbons (Fsp3) is 0. The highest BCUT2D eigenvalue weighted by atomic mass is 35.5. The van der Waals surface area contributed by atoms with E-state index in [9.17, 15) is 14.9 Å². The molecule has 0 aliphatic heterocycles. The Morgan fingerprint density at radius 2 is 2.17 bits per heavy atom. The monoisotopic (exact) mass is 266 g/mol. The van der Waals surface area contributed by atoms with Gasteiger partial charge in [-0.05, 0) is 18.2 Å². The summed E-state index contributed by atoms with van der Waals surface area (Å²) in [7, 11) is 0. The van der Waals surface area contributed by atoms with Crippen LogP contribution in [0.3, 0.4) is 0 Å². The Morgan fingerprint density at radius 1 is 1.44 bits per heavy atom. The smallest absolute Gasteiger partial charge is 0.280 e. The molecule has 92 valence electrons. The van der Waals surface area contributed by atoms with Gasteiger partial charge in [-0.15, -0.1) is 0 Å². The summed E-state index contributed by atoms with van der Waals surface area (Å²) in [5, 5.41) is 17.4. The molecule has 0 atom stereocenters. The van der Waals surface area contributed by atoms with Gasteiger partial charge in [0.1, 0.15) is 5.69 Å².